The van der Waals surface area contributed by atoms with Crippen molar-refractivity contribution in [2.75, 3.05) is 6.79 Å². The van der Waals surface area contributed by atoms with Crippen LogP contribution in [0.3, 0.4) is 0 Å². The molecule has 1 aliphatic rings. The molecule has 0 unspecified atom stereocenters. The number of benzene rings is 3. The monoisotopic (exact) mass is 444 g/mol. The van der Waals surface area contributed by atoms with Crippen molar-refractivity contribution in [3.63, 3.8) is 0 Å². The van der Waals surface area contributed by atoms with Crippen LogP contribution in [-0.2, 0) is 13.1 Å². The SMILES string of the molecule is O=c1c2oc3ccccc3c2n(Cc2cccc(F)c2)c(=O)n1Cc1ccc2c(c1)OCO2. The summed E-state index contributed by atoms with van der Waals surface area (Å²) >= 11 is 0. The van der Waals surface area contributed by atoms with Crippen molar-refractivity contribution in [1.82, 2.24) is 9.13 Å². The standard InChI is InChI=1S/C25H17FN2O5/c26-17-5-3-4-15(10-17)12-27-22-18-6-1-2-7-19(18)33-23(22)24(29)28(25(27)30)13-16-8-9-20-21(11-16)32-14-31-20/h1-11H,12-14H2. The summed E-state index contributed by atoms with van der Waals surface area (Å²) in [6.07, 6.45) is 0. The molecule has 7 nitrogen and oxygen atoms in total. The second-order valence-corrected chi connectivity index (χ2v) is 7.85. The van der Waals surface area contributed by atoms with E-state index in [1.807, 2.05) is 6.07 Å². The van der Waals surface area contributed by atoms with Gasteiger partial charge in [-0.05, 0) is 47.5 Å². The van der Waals surface area contributed by atoms with Crippen LogP contribution in [0.15, 0.2) is 80.7 Å². The Morgan fingerprint density at radius 2 is 1.61 bits per heavy atom. The molecular weight excluding hydrogens is 427 g/mol. The van der Waals surface area contributed by atoms with Gasteiger partial charge in [-0.1, -0.05) is 30.3 Å². The molecule has 0 bridgehead atoms. The molecule has 0 fully saturated rings. The number of aromatic nitrogens is 2. The second kappa shape index (κ2) is 7.37. The molecule has 3 heterocycles. The highest BCUT2D eigenvalue weighted by molar-refractivity contribution is 6.02. The van der Waals surface area contributed by atoms with Gasteiger partial charge in [0.05, 0.1) is 13.1 Å². The predicted molar refractivity (Wildman–Crippen MR) is 119 cm³/mol. The number of hydrogen-bond acceptors (Lipinski definition) is 5. The molecule has 8 heteroatoms. The minimum Gasteiger partial charge on any atom is -0.454 e. The summed E-state index contributed by atoms with van der Waals surface area (Å²) < 4.78 is 33.1. The number of fused-ring (bicyclic) bond motifs is 4. The van der Waals surface area contributed by atoms with E-state index >= 15 is 0 Å². The topological polar surface area (TPSA) is 75.6 Å². The fourth-order valence-corrected chi connectivity index (χ4v) is 4.22. The Bertz CT molecular complexity index is 1660. The number of furan rings is 1. The normalized spacial score (nSPS) is 12.6. The van der Waals surface area contributed by atoms with Gasteiger partial charge < -0.3 is 13.9 Å². The summed E-state index contributed by atoms with van der Waals surface area (Å²) in [4.78, 5) is 27.0. The van der Waals surface area contributed by atoms with Crippen LogP contribution in [0.2, 0.25) is 0 Å². The molecule has 164 valence electrons. The van der Waals surface area contributed by atoms with Crippen LogP contribution in [0.25, 0.3) is 22.1 Å². The van der Waals surface area contributed by atoms with Crippen molar-refractivity contribution < 1.29 is 18.3 Å². The van der Waals surface area contributed by atoms with Crippen LogP contribution < -0.4 is 20.7 Å². The van der Waals surface area contributed by atoms with E-state index in [1.165, 1.54) is 16.7 Å². The maximum atomic E-state index is 13.8. The molecule has 33 heavy (non-hydrogen) atoms. The lowest BCUT2D eigenvalue weighted by Gasteiger charge is -2.12. The second-order valence-electron chi connectivity index (χ2n) is 7.85. The summed E-state index contributed by atoms with van der Waals surface area (Å²) in [5.74, 6) is 0.773. The van der Waals surface area contributed by atoms with Gasteiger partial charge in [-0.15, -0.1) is 0 Å². The maximum absolute atomic E-state index is 13.8. The molecule has 1 aliphatic heterocycles. The molecule has 0 atom stereocenters. The van der Waals surface area contributed by atoms with E-state index < -0.39 is 17.1 Å². The van der Waals surface area contributed by atoms with Crippen molar-refractivity contribution >= 4 is 22.1 Å². The minimum atomic E-state index is -0.528. The van der Waals surface area contributed by atoms with E-state index in [9.17, 15) is 14.0 Å². The molecule has 0 radical (unpaired) electrons. The third-order valence-electron chi connectivity index (χ3n) is 5.75. The van der Waals surface area contributed by atoms with Gasteiger partial charge in [0.15, 0.2) is 11.5 Å². The van der Waals surface area contributed by atoms with Crippen molar-refractivity contribution in [1.29, 1.82) is 0 Å². The first-order valence-corrected chi connectivity index (χ1v) is 10.4. The molecule has 0 aliphatic carbocycles. The smallest absolute Gasteiger partial charge is 0.332 e. The van der Waals surface area contributed by atoms with Crippen molar-refractivity contribution in [2.24, 2.45) is 0 Å². The van der Waals surface area contributed by atoms with Gasteiger partial charge in [-0.2, -0.15) is 0 Å². The zero-order valence-electron chi connectivity index (χ0n) is 17.3. The minimum absolute atomic E-state index is 0.0183. The molecular formula is C25H17FN2O5. The van der Waals surface area contributed by atoms with E-state index in [0.29, 0.717) is 39.1 Å². The highest BCUT2D eigenvalue weighted by Crippen LogP contribution is 2.32. The molecule has 0 saturated heterocycles. The summed E-state index contributed by atoms with van der Waals surface area (Å²) in [5, 5.41) is 0.647. The Morgan fingerprint density at radius 1 is 0.818 bits per heavy atom. The number of hydrogen-bond donors (Lipinski definition) is 0. The van der Waals surface area contributed by atoms with E-state index in [4.69, 9.17) is 13.9 Å². The number of rotatable bonds is 4. The number of ether oxygens (including phenoxy) is 2. The molecule has 0 N–H and O–H groups in total. The average Bonchev–Trinajstić information content (AvgIpc) is 3.44. The van der Waals surface area contributed by atoms with Crippen molar-refractivity contribution in [3.8, 4) is 11.5 Å². The van der Waals surface area contributed by atoms with Gasteiger partial charge in [-0.3, -0.25) is 13.9 Å². The summed E-state index contributed by atoms with van der Waals surface area (Å²) in [6, 6.07) is 18.4. The van der Waals surface area contributed by atoms with E-state index in [1.54, 1.807) is 48.5 Å². The zero-order chi connectivity index (χ0) is 22.5. The largest absolute Gasteiger partial charge is 0.454 e. The lowest BCUT2D eigenvalue weighted by Crippen LogP contribution is -2.40. The van der Waals surface area contributed by atoms with Crippen LogP contribution in [0, 0.1) is 5.82 Å². The number of nitrogens with zero attached hydrogens (tertiary/aromatic N) is 2. The van der Waals surface area contributed by atoms with Crippen LogP contribution >= 0.6 is 0 Å². The van der Waals surface area contributed by atoms with E-state index in [2.05, 4.69) is 0 Å². The Kier molecular flexibility index (Phi) is 4.33. The summed E-state index contributed by atoms with van der Waals surface area (Å²) in [6.45, 7) is 0.229. The fraction of sp³-hybridized carbons (Fsp3) is 0.120. The highest BCUT2D eigenvalue weighted by atomic mass is 19.1. The first kappa shape index (κ1) is 19.4. The first-order valence-electron chi connectivity index (χ1n) is 10.4. The van der Waals surface area contributed by atoms with Gasteiger partial charge in [0, 0.05) is 5.39 Å². The molecule has 2 aromatic heterocycles. The van der Waals surface area contributed by atoms with Gasteiger partial charge in [-0.25, -0.2) is 9.18 Å². The van der Waals surface area contributed by atoms with Crippen molar-refractivity contribution in [3.05, 3.63) is 105 Å². The van der Waals surface area contributed by atoms with Gasteiger partial charge in [0.2, 0.25) is 12.4 Å². The quantitative estimate of drug-likeness (QED) is 0.421. The first-order chi connectivity index (χ1) is 16.1. The van der Waals surface area contributed by atoms with Crippen molar-refractivity contribution in [2.45, 2.75) is 13.1 Å². The molecule has 0 spiro atoms. The number of para-hydroxylation sites is 1. The third-order valence-corrected chi connectivity index (χ3v) is 5.75. The summed E-state index contributed by atoms with van der Waals surface area (Å²) in [7, 11) is 0. The van der Waals surface area contributed by atoms with Gasteiger partial charge in [0.25, 0.3) is 5.56 Å². The number of halogens is 1. The van der Waals surface area contributed by atoms with Crippen LogP contribution in [-0.4, -0.2) is 15.9 Å². The Balaban J connectivity index is 1.58. The third kappa shape index (κ3) is 3.18. The van der Waals surface area contributed by atoms with E-state index in [-0.39, 0.29) is 25.5 Å². The maximum Gasteiger partial charge on any atom is 0.332 e. The van der Waals surface area contributed by atoms with E-state index in [0.717, 1.165) is 4.57 Å². The fourth-order valence-electron chi connectivity index (χ4n) is 4.22. The lowest BCUT2D eigenvalue weighted by atomic mass is 10.2. The summed E-state index contributed by atoms with van der Waals surface area (Å²) in [5.41, 5.74) is 1.22. The average molecular weight is 444 g/mol. The zero-order valence-corrected chi connectivity index (χ0v) is 17.3. The van der Waals surface area contributed by atoms with Crippen LogP contribution in [0.4, 0.5) is 4.39 Å². The molecule has 0 amide bonds. The van der Waals surface area contributed by atoms with Crippen LogP contribution in [0.5, 0.6) is 11.5 Å². The Morgan fingerprint density at radius 3 is 2.48 bits per heavy atom. The lowest BCUT2D eigenvalue weighted by molar-refractivity contribution is 0.174. The van der Waals surface area contributed by atoms with Crippen LogP contribution in [0.1, 0.15) is 11.1 Å². The highest BCUT2D eigenvalue weighted by Gasteiger charge is 2.21. The van der Waals surface area contributed by atoms with Gasteiger partial charge in [0.1, 0.15) is 16.9 Å². The molecule has 3 aromatic carbocycles. The Hall–Kier alpha value is -4.33. The molecule has 0 saturated carbocycles. The predicted octanol–water partition coefficient (Wildman–Crippen LogP) is 3.87. The molecule has 5 aromatic rings. The molecule has 6 rings (SSSR count). The Labute approximate surface area is 185 Å². The van der Waals surface area contributed by atoms with Gasteiger partial charge >= 0.3 is 5.69 Å².